The first kappa shape index (κ1) is 13.5. The van der Waals surface area contributed by atoms with Crippen molar-refractivity contribution in [3.63, 3.8) is 0 Å². The summed E-state index contributed by atoms with van der Waals surface area (Å²) < 4.78 is 32.0. The van der Waals surface area contributed by atoms with E-state index in [0.29, 0.717) is 25.3 Å². The molecule has 6 nitrogen and oxygen atoms in total. The third-order valence-corrected chi connectivity index (χ3v) is 5.54. The number of hydrogen-bond donors (Lipinski definition) is 1. The number of nitrogens with one attached hydrogen (secondary N) is 1. The van der Waals surface area contributed by atoms with Gasteiger partial charge in [-0.05, 0) is 37.1 Å². The van der Waals surface area contributed by atoms with Crippen LogP contribution in [0.2, 0.25) is 0 Å². The first-order valence-electron chi connectivity index (χ1n) is 6.55. The van der Waals surface area contributed by atoms with Gasteiger partial charge >= 0.3 is 0 Å². The summed E-state index contributed by atoms with van der Waals surface area (Å²) in [6, 6.07) is 4.74. The number of sulfonamides is 1. The van der Waals surface area contributed by atoms with Gasteiger partial charge in [0.25, 0.3) is 0 Å². The van der Waals surface area contributed by atoms with Gasteiger partial charge in [-0.2, -0.15) is 4.31 Å². The lowest BCUT2D eigenvalue weighted by Crippen LogP contribution is -2.44. The fourth-order valence-electron chi connectivity index (χ4n) is 2.56. The second kappa shape index (κ2) is 4.83. The fraction of sp³-hybridized carbons (Fsp3) is 0.462. The number of benzene rings is 1. The van der Waals surface area contributed by atoms with Crippen LogP contribution in [-0.2, 0) is 26.0 Å². The van der Waals surface area contributed by atoms with Crippen molar-refractivity contribution in [3.05, 3.63) is 23.8 Å². The van der Waals surface area contributed by atoms with Crippen LogP contribution in [-0.4, -0.2) is 38.0 Å². The van der Waals surface area contributed by atoms with Gasteiger partial charge in [0.2, 0.25) is 15.9 Å². The Labute approximate surface area is 117 Å². The van der Waals surface area contributed by atoms with Crippen LogP contribution in [0.4, 0.5) is 5.69 Å². The van der Waals surface area contributed by atoms with Crippen molar-refractivity contribution in [2.24, 2.45) is 0 Å². The first-order chi connectivity index (χ1) is 9.48. The molecule has 0 saturated carbocycles. The lowest BCUT2D eigenvalue weighted by molar-refractivity contribution is -0.115. The number of carbonyl (C=O) groups excluding carboxylic acids is 1. The van der Waals surface area contributed by atoms with Gasteiger partial charge in [0.05, 0.1) is 11.3 Å². The van der Waals surface area contributed by atoms with Crippen LogP contribution in [0.1, 0.15) is 18.9 Å². The Morgan fingerprint density at radius 1 is 1.40 bits per heavy atom. The molecule has 0 aliphatic carbocycles. The highest BCUT2D eigenvalue weighted by Crippen LogP contribution is 2.28. The number of fused-ring (bicyclic) bond motifs is 1. The molecule has 20 heavy (non-hydrogen) atoms. The van der Waals surface area contributed by atoms with Crippen molar-refractivity contribution in [1.82, 2.24) is 4.31 Å². The van der Waals surface area contributed by atoms with Crippen molar-refractivity contribution < 1.29 is 17.9 Å². The van der Waals surface area contributed by atoms with Gasteiger partial charge in [-0.25, -0.2) is 8.42 Å². The monoisotopic (exact) mass is 296 g/mol. The van der Waals surface area contributed by atoms with E-state index in [-0.39, 0.29) is 17.2 Å². The normalized spacial score (nSPS) is 23.4. The van der Waals surface area contributed by atoms with Gasteiger partial charge in [0, 0.05) is 18.8 Å². The van der Waals surface area contributed by atoms with Crippen molar-refractivity contribution in [2.45, 2.75) is 30.9 Å². The zero-order chi connectivity index (χ0) is 14.3. The lowest BCUT2D eigenvalue weighted by Gasteiger charge is -2.32. The highest BCUT2D eigenvalue weighted by atomic mass is 32.2. The minimum absolute atomic E-state index is 0.107. The molecule has 1 aromatic rings. The van der Waals surface area contributed by atoms with Gasteiger partial charge < -0.3 is 10.1 Å². The molecule has 1 saturated heterocycles. The molecule has 1 N–H and O–H groups in total. The largest absolute Gasteiger partial charge is 0.362 e. The highest BCUT2D eigenvalue weighted by molar-refractivity contribution is 7.89. The van der Waals surface area contributed by atoms with Gasteiger partial charge in [-0.1, -0.05) is 0 Å². The van der Waals surface area contributed by atoms with Crippen molar-refractivity contribution in [3.8, 4) is 0 Å². The van der Waals surface area contributed by atoms with Crippen LogP contribution in [0.3, 0.4) is 0 Å². The summed E-state index contributed by atoms with van der Waals surface area (Å²) in [5, 5.41) is 2.69. The zero-order valence-electron chi connectivity index (χ0n) is 11.1. The molecule has 2 aliphatic heterocycles. The summed E-state index contributed by atoms with van der Waals surface area (Å²) in [5.74, 6) is -0.107. The summed E-state index contributed by atoms with van der Waals surface area (Å²) in [6.45, 7) is 2.77. The minimum atomic E-state index is -3.58. The van der Waals surface area contributed by atoms with Crippen molar-refractivity contribution in [1.29, 1.82) is 0 Å². The molecule has 2 heterocycles. The number of ether oxygens (including phenoxy) is 1. The predicted molar refractivity (Wildman–Crippen MR) is 72.7 cm³/mol. The van der Waals surface area contributed by atoms with E-state index in [9.17, 15) is 13.2 Å². The zero-order valence-corrected chi connectivity index (χ0v) is 11.9. The van der Waals surface area contributed by atoms with Gasteiger partial charge in [-0.3, -0.25) is 4.79 Å². The fourth-order valence-corrected chi connectivity index (χ4v) is 4.18. The quantitative estimate of drug-likeness (QED) is 0.881. The van der Waals surface area contributed by atoms with E-state index < -0.39 is 16.3 Å². The second-order valence-corrected chi connectivity index (χ2v) is 6.87. The molecule has 0 spiro atoms. The number of carbonyl (C=O) groups is 1. The van der Waals surface area contributed by atoms with Gasteiger partial charge in [0.1, 0.15) is 6.23 Å². The number of nitrogens with zero attached hydrogens (tertiary/aromatic N) is 1. The average molecular weight is 296 g/mol. The number of rotatable bonds is 2. The molecule has 1 amide bonds. The predicted octanol–water partition coefficient (Wildman–Crippen LogP) is 0.938. The molecule has 7 heteroatoms. The summed E-state index contributed by atoms with van der Waals surface area (Å²) >= 11 is 0. The third-order valence-electron chi connectivity index (χ3n) is 3.60. The molecule has 0 radical (unpaired) electrons. The van der Waals surface area contributed by atoms with Crippen molar-refractivity contribution in [2.75, 3.05) is 18.5 Å². The number of amides is 1. The smallest absolute Gasteiger partial charge is 0.245 e. The van der Waals surface area contributed by atoms with Gasteiger partial charge in [0.15, 0.2) is 0 Å². The van der Waals surface area contributed by atoms with E-state index in [2.05, 4.69) is 5.32 Å². The number of anilines is 1. The maximum atomic E-state index is 12.6. The standard InChI is InChI=1S/C13H16N2O4S/c1-9-15(5-2-6-19-9)20(17,18)11-3-4-12-10(7-11)8-13(16)14-12/h3-4,7,9H,2,5-6,8H2,1H3,(H,14,16). The maximum absolute atomic E-state index is 12.6. The lowest BCUT2D eigenvalue weighted by atomic mass is 10.2. The third kappa shape index (κ3) is 2.21. The Morgan fingerprint density at radius 3 is 2.95 bits per heavy atom. The molecule has 3 rings (SSSR count). The van der Waals surface area contributed by atoms with E-state index in [1.165, 1.54) is 10.4 Å². The Kier molecular flexibility index (Phi) is 3.27. The summed E-state index contributed by atoms with van der Waals surface area (Å²) in [5.41, 5.74) is 1.42. The van der Waals surface area contributed by atoms with Crippen LogP contribution >= 0.6 is 0 Å². The molecule has 1 fully saturated rings. The molecule has 0 bridgehead atoms. The second-order valence-electron chi connectivity index (χ2n) is 4.98. The summed E-state index contributed by atoms with van der Waals surface area (Å²) in [7, 11) is -3.58. The van der Waals surface area contributed by atoms with Gasteiger partial charge in [-0.15, -0.1) is 0 Å². The topological polar surface area (TPSA) is 75.7 Å². The van der Waals surface area contributed by atoms with E-state index in [0.717, 1.165) is 5.56 Å². The molecule has 2 aliphatic rings. The van der Waals surface area contributed by atoms with E-state index >= 15 is 0 Å². The minimum Gasteiger partial charge on any atom is -0.362 e. The van der Waals surface area contributed by atoms with Crippen LogP contribution in [0, 0.1) is 0 Å². The molecule has 108 valence electrons. The SMILES string of the molecule is CC1OCCCN1S(=O)(=O)c1ccc2c(c1)CC(=O)N2. The summed E-state index contributed by atoms with van der Waals surface area (Å²) in [4.78, 5) is 11.5. The summed E-state index contributed by atoms with van der Waals surface area (Å²) in [6.07, 6.45) is 0.459. The van der Waals surface area contributed by atoms with Crippen LogP contribution in [0.15, 0.2) is 23.1 Å². The Hall–Kier alpha value is -1.44. The molecule has 1 unspecified atom stereocenters. The first-order valence-corrected chi connectivity index (χ1v) is 7.99. The van der Waals surface area contributed by atoms with Crippen LogP contribution in [0.5, 0.6) is 0 Å². The van der Waals surface area contributed by atoms with Crippen LogP contribution < -0.4 is 5.32 Å². The molecule has 0 aromatic heterocycles. The molecular weight excluding hydrogens is 280 g/mol. The van der Waals surface area contributed by atoms with Crippen LogP contribution in [0.25, 0.3) is 0 Å². The Bertz CT molecular complexity index is 656. The number of hydrogen-bond acceptors (Lipinski definition) is 4. The Morgan fingerprint density at radius 2 is 2.20 bits per heavy atom. The Balaban J connectivity index is 1.96. The van der Waals surface area contributed by atoms with Crippen molar-refractivity contribution >= 4 is 21.6 Å². The average Bonchev–Trinajstić information content (AvgIpc) is 2.78. The maximum Gasteiger partial charge on any atom is 0.245 e. The molecule has 1 aromatic carbocycles. The highest BCUT2D eigenvalue weighted by Gasteiger charge is 2.32. The molecule has 1 atom stereocenters. The molecular formula is C13H16N2O4S. The van der Waals surface area contributed by atoms with E-state index in [1.54, 1.807) is 19.1 Å². The van der Waals surface area contributed by atoms with E-state index in [4.69, 9.17) is 4.74 Å². The van der Waals surface area contributed by atoms with E-state index in [1.807, 2.05) is 0 Å².